The average Bonchev–Trinajstić information content (AvgIpc) is 2.66. The fourth-order valence-corrected chi connectivity index (χ4v) is 4.65. The zero-order valence-electron chi connectivity index (χ0n) is 12.2. The lowest BCUT2D eigenvalue weighted by atomic mass is 10.0. The smallest absolute Gasteiger partial charge is 0.241 e. The van der Waals surface area contributed by atoms with Crippen LogP contribution in [0.5, 0.6) is 0 Å². The number of anilines is 1. The Balaban J connectivity index is 1.78. The number of carbonyl (C=O) groups is 1. The van der Waals surface area contributed by atoms with Gasteiger partial charge in [0.05, 0.1) is 23.7 Å². The monoisotopic (exact) mass is 324 g/mol. The standard InChI is InChI=1S/C15H20N2O4S/c18-10-12-9-17(7-8-22(12,20)21)14-6-5-11-3-1-2-4-13(11)16-15(14)19/h1-4,12,14,18H,5-10H2,(H,16,19). The van der Waals surface area contributed by atoms with Crippen molar-refractivity contribution in [2.45, 2.75) is 24.1 Å². The second kappa shape index (κ2) is 5.98. The van der Waals surface area contributed by atoms with Crippen molar-refractivity contribution in [3.8, 4) is 0 Å². The first-order chi connectivity index (χ1) is 10.5. The average molecular weight is 324 g/mol. The summed E-state index contributed by atoms with van der Waals surface area (Å²) in [5, 5.41) is 11.4. The summed E-state index contributed by atoms with van der Waals surface area (Å²) >= 11 is 0. The van der Waals surface area contributed by atoms with Gasteiger partial charge < -0.3 is 10.4 Å². The van der Waals surface area contributed by atoms with Crippen molar-refractivity contribution >= 4 is 21.4 Å². The van der Waals surface area contributed by atoms with Crippen molar-refractivity contribution in [2.24, 2.45) is 0 Å². The maximum Gasteiger partial charge on any atom is 0.241 e. The van der Waals surface area contributed by atoms with Crippen LogP contribution >= 0.6 is 0 Å². The Morgan fingerprint density at radius 3 is 2.86 bits per heavy atom. The first-order valence-corrected chi connectivity index (χ1v) is 9.18. The Kier molecular flexibility index (Phi) is 4.20. The number of benzene rings is 1. The predicted octanol–water partition coefficient (Wildman–Crippen LogP) is 0.0312. The van der Waals surface area contributed by atoms with Gasteiger partial charge in [0, 0.05) is 18.8 Å². The van der Waals surface area contributed by atoms with E-state index >= 15 is 0 Å². The number of hydrogen-bond donors (Lipinski definition) is 2. The Morgan fingerprint density at radius 2 is 2.09 bits per heavy atom. The summed E-state index contributed by atoms with van der Waals surface area (Å²) in [5.74, 6) is -0.101. The van der Waals surface area contributed by atoms with Crippen LogP contribution < -0.4 is 5.32 Å². The van der Waals surface area contributed by atoms with Gasteiger partial charge in [-0.25, -0.2) is 8.42 Å². The van der Waals surface area contributed by atoms with Crippen LogP contribution in [-0.4, -0.2) is 61.1 Å². The Labute approximate surface area is 130 Å². The van der Waals surface area contributed by atoms with Crippen molar-refractivity contribution in [1.29, 1.82) is 0 Å². The second-order valence-electron chi connectivity index (χ2n) is 5.87. The van der Waals surface area contributed by atoms with Gasteiger partial charge in [-0.3, -0.25) is 9.69 Å². The molecule has 0 spiro atoms. The Morgan fingerprint density at radius 1 is 1.32 bits per heavy atom. The van der Waals surface area contributed by atoms with E-state index in [9.17, 15) is 18.3 Å². The molecule has 22 heavy (non-hydrogen) atoms. The molecular formula is C15H20N2O4S. The molecule has 2 aliphatic rings. The number of hydrogen-bond acceptors (Lipinski definition) is 5. The fourth-order valence-electron chi connectivity index (χ4n) is 3.18. The van der Waals surface area contributed by atoms with E-state index in [1.165, 1.54) is 0 Å². The number of aliphatic hydroxyl groups excluding tert-OH is 1. The topological polar surface area (TPSA) is 86.7 Å². The second-order valence-corrected chi connectivity index (χ2v) is 8.27. The van der Waals surface area contributed by atoms with Crippen LogP contribution in [-0.2, 0) is 21.1 Å². The van der Waals surface area contributed by atoms with E-state index in [1.807, 2.05) is 29.2 Å². The van der Waals surface area contributed by atoms with Crippen LogP contribution in [0.3, 0.4) is 0 Å². The lowest BCUT2D eigenvalue weighted by Gasteiger charge is -2.36. The molecule has 2 unspecified atom stereocenters. The number of carbonyl (C=O) groups excluding carboxylic acids is 1. The molecule has 0 aromatic heterocycles. The number of fused-ring (bicyclic) bond motifs is 1. The van der Waals surface area contributed by atoms with Crippen molar-refractivity contribution in [3.63, 3.8) is 0 Å². The van der Waals surface area contributed by atoms with E-state index in [4.69, 9.17) is 0 Å². The van der Waals surface area contributed by atoms with E-state index in [2.05, 4.69) is 5.32 Å². The van der Waals surface area contributed by atoms with Gasteiger partial charge in [0.1, 0.15) is 0 Å². The molecule has 1 aromatic carbocycles. The minimum atomic E-state index is -3.25. The highest BCUT2D eigenvalue weighted by atomic mass is 32.2. The SMILES string of the molecule is O=C1Nc2ccccc2CCC1N1CCS(=O)(=O)C(CO)C1. The third-order valence-electron chi connectivity index (χ3n) is 4.52. The number of nitrogens with one attached hydrogen (secondary N) is 1. The van der Waals surface area contributed by atoms with Crippen LogP contribution in [0.2, 0.25) is 0 Å². The number of aliphatic hydroxyl groups is 1. The largest absolute Gasteiger partial charge is 0.395 e. The zero-order chi connectivity index (χ0) is 15.7. The molecule has 0 radical (unpaired) electrons. The van der Waals surface area contributed by atoms with Gasteiger partial charge in [-0.1, -0.05) is 18.2 Å². The lowest BCUT2D eigenvalue weighted by Crippen LogP contribution is -2.55. The molecular weight excluding hydrogens is 304 g/mol. The molecule has 1 saturated heterocycles. The number of rotatable bonds is 2. The maximum atomic E-state index is 12.5. The first kappa shape index (κ1) is 15.5. The maximum absolute atomic E-state index is 12.5. The molecule has 3 rings (SSSR count). The summed E-state index contributed by atoms with van der Waals surface area (Å²) in [6, 6.07) is 7.36. The number of amides is 1. The number of para-hydroxylation sites is 1. The van der Waals surface area contributed by atoms with E-state index in [-0.39, 0.29) is 24.2 Å². The Bertz CT molecular complexity index is 674. The molecule has 2 heterocycles. The van der Waals surface area contributed by atoms with Crippen LogP contribution in [0.25, 0.3) is 0 Å². The third kappa shape index (κ3) is 2.88. The van der Waals surface area contributed by atoms with Crippen LogP contribution in [0, 0.1) is 0 Å². The molecule has 6 nitrogen and oxygen atoms in total. The van der Waals surface area contributed by atoms with E-state index in [0.29, 0.717) is 13.0 Å². The molecule has 0 saturated carbocycles. The van der Waals surface area contributed by atoms with Gasteiger partial charge in [-0.15, -0.1) is 0 Å². The Hall–Kier alpha value is -1.44. The summed E-state index contributed by atoms with van der Waals surface area (Å²) < 4.78 is 23.8. The van der Waals surface area contributed by atoms with Crippen LogP contribution in [0.1, 0.15) is 12.0 Å². The molecule has 1 aromatic rings. The van der Waals surface area contributed by atoms with Gasteiger partial charge in [0.15, 0.2) is 9.84 Å². The van der Waals surface area contributed by atoms with Gasteiger partial charge in [-0.2, -0.15) is 0 Å². The van der Waals surface area contributed by atoms with Gasteiger partial charge in [-0.05, 0) is 24.5 Å². The van der Waals surface area contributed by atoms with E-state index < -0.39 is 21.7 Å². The zero-order valence-corrected chi connectivity index (χ0v) is 13.1. The van der Waals surface area contributed by atoms with Gasteiger partial charge in [0.2, 0.25) is 5.91 Å². The fraction of sp³-hybridized carbons (Fsp3) is 0.533. The number of sulfone groups is 1. The van der Waals surface area contributed by atoms with Gasteiger partial charge >= 0.3 is 0 Å². The van der Waals surface area contributed by atoms with E-state index in [1.54, 1.807) is 0 Å². The minimum absolute atomic E-state index is 0.00500. The molecule has 0 aliphatic carbocycles. The molecule has 0 bridgehead atoms. The summed E-state index contributed by atoms with van der Waals surface area (Å²) in [6.45, 7) is 0.161. The molecule has 2 atom stereocenters. The minimum Gasteiger partial charge on any atom is -0.395 e. The van der Waals surface area contributed by atoms with Crippen molar-refractivity contribution in [1.82, 2.24) is 4.90 Å². The predicted molar refractivity (Wildman–Crippen MR) is 83.4 cm³/mol. The van der Waals surface area contributed by atoms with Crippen LogP contribution in [0.15, 0.2) is 24.3 Å². The van der Waals surface area contributed by atoms with E-state index in [0.717, 1.165) is 17.7 Å². The molecule has 2 aliphatic heterocycles. The highest BCUT2D eigenvalue weighted by Crippen LogP contribution is 2.25. The molecule has 7 heteroatoms. The van der Waals surface area contributed by atoms with Crippen molar-refractivity contribution < 1.29 is 18.3 Å². The summed E-state index contributed by atoms with van der Waals surface area (Å²) in [7, 11) is -3.25. The third-order valence-corrected chi connectivity index (χ3v) is 6.58. The number of nitrogens with zero attached hydrogens (tertiary/aromatic N) is 1. The number of aryl methyl sites for hydroxylation is 1. The highest BCUT2D eigenvalue weighted by molar-refractivity contribution is 7.92. The molecule has 120 valence electrons. The first-order valence-electron chi connectivity index (χ1n) is 7.46. The highest BCUT2D eigenvalue weighted by Gasteiger charge is 2.38. The normalized spacial score (nSPS) is 28.5. The lowest BCUT2D eigenvalue weighted by molar-refractivity contribution is -0.121. The summed E-state index contributed by atoms with van der Waals surface area (Å²) in [5.41, 5.74) is 1.93. The van der Waals surface area contributed by atoms with Crippen molar-refractivity contribution in [3.05, 3.63) is 29.8 Å². The molecule has 2 N–H and O–H groups in total. The summed E-state index contributed by atoms with van der Waals surface area (Å²) in [4.78, 5) is 14.4. The molecule has 1 fully saturated rings. The molecule has 1 amide bonds. The quantitative estimate of drug-likeness (QED) is 0.802. The summed E-state index contributed by atoms with van der Waals surface area (Å²) in [6.07, 6.45) is 1.42. The van der Waals surface area contributed by atoms with Gasteiger partial charge in [0.25, 0.3) is 0 Å². The van der Waals surface area contributed by atoms with Crippen LogP contribution in [0.4, 0.5) is 5.69 Å². The van der Waals surface area contributed by atoms with Crippen molar-refractivity contribution in [2.75, 3.05) is 30.8 Å².